The van der Waals surface area contributed by atoms with Gasteiger partial charge in [0.25, 0.3) is 0 Å². The van der Waals surface area contributed by atoms with Crippen molar-refractivity contribution in [1.29, 1.82) is 0 Å². The van der Waals surface area contributed by atoms with Gasteiger partial charge in [0.05, 0.1) is 0 Å². The number of piperidine rings is 1. The second-order valence-electron chi connectivity index (χ2n) is 7.60. The second kappa shape index (κ2) is 7.29. The third-order valence-corrected chi connectivity index (χ3v) is 5.61. The molecule has 0 spiro atoms. The van der Waals surface area contributed by atoms with Crippen molar-refractivity contribution in [3.63, 3.8) is 0 Å². The van der Waals surface area contributed by atoms with Gasteiger partial charge in [-0.15, -0.1) is 17.9 Å². The van der Waals surface area contributed by atoms with E-state index in [1.54, 1.807) is 11.3 Å². The summed E-state index contributed by atoms with van der Waals surface area (Å²) in [5.74, 6) is 0. The van der Waals surface area contributed by atoms with Crippen molar-refractivity contribution < 1.29 is 4.84 Å². The molecule has 1 aromatic rings. The highest BCUT2D eigenvalue weighted by Crippen LogP contribution is 2.41. The Morgan fingerprint density at radius 3 is 2.55 bits per heavy atom. The topological polar surface area (TPSA) is 12.5 Å². The summed E-state index contributed by atoms with van der Waals surface area (Å²) in [4.78, 5) is 7.96. The van der Waals surface area contributed by atoms with E-state index in [1.165, 1.54) is 24.1 Å². The van der Waals surface area contributed by atoms with Crippen LogP contribution in [0, 0.1) is 0 Å². The summed E-state index contributed by atoms with van der Waals surface area (Å²) in [6, 6.07) is 4.32. The first-order valence-electron chi connectivity index (χ1n) is 8.48. The zero-order chi connectivity index (χ0) is 16.2. The number of hydrogen-bond acceptors (Lipinski definition) is 3. The Bertz CT molecular complexity index is 448. The smallest absolute Gasteiger partial charge is 0.113 e. The van der Waals surface area contributed by atoms with Crippen LogP contribution < -0.4 is 0 Å². The van der Waals surface area contributed by atoms with Crippen molar-refractivity contribution in [2.45, 2.75) is 83.4 Å². The lowest BCUT2D eigenvalue weighted by Crippen LogP contribution is -2.58. The van der Waals surface area contributed by atoms with Gasteiger partial charge in [0.2, 0.25) is 0 Å². The lowest BCUT2D eigenvalue weighted by Gasteiger charge is -2.52. The van der Waals surface area contributed by atoms with Crippen LogP contribution in [0.5, 0.6) is 0 Å². The van der Waals surface area contributed by atoms with Gasteiger partial charge < -0.3 is 0 Å². The minimum atomic E-state index is 0.0930. The summed E-state index contributed by atoms with van der Waals surface area (Å²) >= 11 is 1.80. The SMILES string of the molecule is C=CCCCC(ON1C(C)(C)CCCC1(C)C)c1cccs1. The summed E-state index contributed by atoms with van der Waals surface area (Å²) in [5.41, 5.74) is 0.186. The summed E-state index contributed by atoms with van der Waals surface area (Å²) in [6.07, 6.45) is 9.06. The fraction of sp³-hybridized carbons (Fsp3) is 0.684. The molecule has 0 aliphatic carbocycles. The van der Waals surface area contributed by atoms with E-state index in [-0.39, 0.29) is 17.2 Å². The first-order valence-corrected chi connectivity index (χ1v) is 9.36. The molecule has 22 heavy (non-hydrogen) atoms. The van der Waals surface area contributed by atoms with Gasteiger partial charge in [0.15, 0.2) is 0 Å². The molecule has 2 heterocycles. The van der Waals surface area contributed by atoms with Crippen LogP contribution in [0.4, 0.5) is 0 Å². The van der Waals surface area contributed by atoms with Gasteiger partial charge in [-0.3, -0.25) is 4.84 Å². The largest absolute Gasteiger partial charge is 0.289 e. The van der Waals surface area contributed by atoms with Crippen molar-refractivity contribution in [2.75, 3.05) is 0 Å². The number of rotatable bonds is 7. The molecule has 0 bridgehead atoms. The van der Waals surface area contributed by atoms with Crippen molar-refractivity contribution in [3.05, 3.63) is 35.0 Å². The monoisotopic (exact) mass is 321 g/mol. The molecule has 2 rings (SSSR count). The van der Waals surface area contributed by atoms with Crippen LogP contribution in [0.1, 0.15) is 77.2 Å². The van der Waals surface area contributed by atoms with Gasteiger partial charge >= 0.3 is 0 Å². The molecule has 2 nitrogen and oxygen atoms in total. The standard InChI is InChI=1S/C19H31NOS/c1-6-7-8-11-16(17-12-9-15-22-17)21-20-18(2,3)13-10-14-19(20,4)5/h6,9,12,15-16H,1,7-8,10-11,13-14H2,2-5H3. The fourth-order valence-electron chi connectivity index (χ4n) is 3.56. The van der Waals surface area contributed by atoms with Crippen molar-refractivity contribution >= 4 is 11.3 Å². The lowest BCUT2D eigenvalue weighted by molar-refractivity contribution is -0.307. The number of allylic oxidation sites excluding steroid dienone is 1. The van der Waals surface area contributed by atoms with E-state index in [0.29, 0.717) is 0 Å². The zero-order valence-electron chi connectivity index (χ0n) is 14.6. The second-order valence-corrected chi connectivity index (χ2v) is 8.58. The Morgan fingerprint density at radius 1 is 1.32 bits per heavy atom. The quantitative estimate of drug-likeness (QED) is 0.443. The molecule has 0 saturated carbocycles. The molecule has 1 aliphatic heterocycles. The Labute approximate surface area is 140 Å². The normalized spacial score (nSPS) is 22.4. The lowest BCUT2D eigenvalue weighted by atomic mass is 9.82. The van der Waals surface area contributed by atoms with Crippen LogP contribution in [0.25, 0.3) is 0 Å². The minimum Gasteiger partial charge on any atom is -0.289 e. The Morgan fingerprint density at radius 2 is 2.00 bits per heavy atom. The first kappa shape index (κ1) is 17.7. The van der Waals surface area contributed by atoms with Crippen LogP contribution >= 0.6 is 11.3 Å². The van der Waals surface area contributed by atoms with Crippen molar-refractivity contribution in [3.8, 4) is 0 Å². The molecule has 124 valence electrons. The van der Waals surface area contributed by atoms with E-state index < -0.39 is 0 Å². The molecule has 3 heteroatoms. The van der Waals surface area contributed by atoms with Crippen LogP contribution in [0.2, 0.25) is 0 Å². The maximum absolute atomic E-state index is 6.62. The van der Waals surface area contributed by atoms with Gasteiger partial charge in [0.1, 0.15) is 6.10 Å². The van der Waals surface area contributed by atoms with Crippen LogP contribution in [0.3, 0.4) is 0 Å². The number of thiophene rings is 1. The molecule has 0 amide bonds. The highest BCUT2D eigenvalue weighted by atomic mass is 32.1. The van der Waals surface area contributed by atoms with E-state index in [0.717, 1.165) is 19.3 Å². The maximum atomic E-state index is 6.62. The Kier molecular flexibility index (Phi) is 5.87. The van der Waals surface area contributed by atoms with E-state index >= 15 is 0 Å². The highest BCUT2D eigenvalue weighted by Gasteiger charge is 2.43. The summed E-state index contributed by atoms with van der Waals surface area (Å²) < 4.78 is 0. The van der Waals surface area contributed by atoms with Crippen molar-refractivity contribution in [1.82, 2.24) is 5.06 Å². The molecule has 0 N–H and O–H groups in total. The number of hydroxylamine groups is 2. The molecule has 1 unspecified atom stereocenters. The number of unbranched alkanes of at least 4 members (excludes halogenated alkanes) is 1. The van der Waals surface area contributed by atoms with E-state index in [9.17, 15) is 0 Å². The van der Waals surface area contributed by atoms with Gasteiger partial charge in [-0.05, 0) is 77.7 Å². The summed E-state index contributed by atoms with van der Waals surface area (Å²) in [5, 5.41) is 4.44. The third-order valence-electron chi connectivity index (χ3n) is 4.64. The minimum absolute atomic E-state index is 0.0930. The molecule has 0 aromatic carbocycles. The fourth-order valence-corrected chi connectivity index (χ4v) is 4.34. The molecule has 1 aromatic heterocycles. The van der Waals surface area contributed by atoms with Crippen LogP contribution in [-0.4, -0.2) is 16.1 Å². The van der Waals surface area contributed by atoms with Crippen LogP contribution in [0.15, 0.2) is 30.2 Å². The maximum Gasteiger partial charge on any atom is 0.113 e. The van der Waals surface area contributed by atoms with E-state index in [4.69, 9.17) is 4.84 Å². The Hall–Kier alpha value is -0.640. The van der Waals surface area contributed by atoms with Gasteiger partial charge in [-0.2, -0.15) is 5.06 Å². The number of nitrogens with zero attached hydrogens (tertiary/aromatic N) is 1. The predicted octanol–water partition coefficient (Wildman–Crippen LogP) is 6.12. The average molecular weight is 322 g/mol. The van der Waals surface area contributed by atoms with Gasteiger partial charge in [-0.1, -0.05) is 12.1 Å². The summed E-state index contributed by atoms with van der Waals surface area (Å²) in [6.45, 7) is 13.1. The molecule has 1 atom stereocenters. The highest BCUT2D eigenvalue weighted by molar-refractivity contribution is 7.10. The van der Waals surface area contributed by atoms with Gasteiger partial charge in [-0.25, -0.2) is 0 Å². The van der Waals surface area contributed by atoms with Gasteiger partial charge in [0, 0.05) is 16.0 Å². The molecule has 1 saturated heterocycles. The van der Waals surface area contributed by atoms with E-state index in [1.807, 2.05) is 6.08 Å². The molecule has 1 aliphatic rings. The molecule has 1 fully saturated rings. The Balaban J connectivity index is 2.15. The summed E-state index contributed by atoms with van der Waals surface area (Å²) in [7, 11) is 0. The van der Waals surface area contributed by atoms with Crippen LogP contribution in [-0.2, 0) is 4.84 Å². The molecular formula is C19H31NOS. The first-order chi connectivity index (χ1) is 10.4. The molecular weight excluding hydrogens is 290 g/mol. The predicted molar refractivity (Wildman–Crippen MR) is 96.0 cm³/mol. The molecule has 0 radical (unpaired) electrons. The average Bonchev–Trinajstić information content (AvgIpc) is 2.94. The third kappa shape index (κ3) is 4.21. The van der Waals surface area contributed by atoms with E-state index in [2.05, 4.69) is 56.8 Å². The van der Waals surface area contributed by atoms with Crippen molar-refractivity contribution in [2.24, 2.45) is 0 Å². The zero-order valence-corrected chi connectivity index (χ0v) is 15.4. The number of hydrogen-bond donors (Lipinski definition) is 0.